The van der Waals surface area contributed by atoms with Crippen LogP contribution in [0.1, 0.15) is 31.2 Å². The van der Waals surface area contributed by atoms with Gasteiger partial charge in [0.05, 0.1) is 7.11 Å². The third-order valence-electron chi connectivity index (χ3n) is 5.52. The molecule has 5 nitrogen and oxygen atoms in total. The van der Waals surface area contributed by atoms with Crippen molar-refractivity contribution in [1.82, 2.24) is 10.6 Å². The van der Waals surface area contributed by atoms with Crippen LogP contribution < -0.4 is 15.4 Å². The van der Waals surface area contributed by atoms with E-state index in [1.165, 1.54) is 18.6 Å². The fourth-order valence-corrected chi connectivity index (χ4v) is 5.26. The van der Waals surface area contributed by atoms with Crippen molar-refractivity contribution in [3.05, 3.63) is 28.8 Å². The highest BCUT2D eigenvalue weighted by Gasteiger charge is 2.37. The Morgan fingerprint density at radius 2 is 2.14 bits per heavy atom. The number of benzene rings is 1. The number of aliphatic imine (C=N–C) groups is 1. The van der Waals surface area contributed by atoms with Crippen molar-refractivity contribution >= 4 is 53.3 Å². The number of ether oxygens (including phenoxy) is 2. The number of nitrogens with zero attached hydrogens (tertiary/aromatic N) is 1. The van der Waals surface area contributed by atoms with E-state index in [4.69, 9.17) is 21.1 Å². The van der Waals surface area contributed by atoms with Crippen molar-refractivity contribution < 1.29 is 9.47 Å². The molecule has 2 aliphatic heterocycles. The van der Waals surface area contributed by atoms with Gasteiger partial charge in [-0.15, -0.1) is 24.0 Å². The first-order chi connectivity index (χ1) is 13.2. The molecular formula is C20H31ClIN3O2S. The van der Waals surface area contributed by atoms with Gasteiger partial charge in [0, 0.05) is 54.6 Å². The van der Waals surface area contributed by atoms with Crippen molar-refractivity contribution in [2.45, 2.75) is 36.3 Å². The summed E-state index contributed by atoms with van der Waals surface area (Å²) in [4.78, 5) is 4.41. The summed E-state index contributed by atoms with van der Waals surface area (Å²) in [5.41, 5.74) is 1.06. The molecule has 158 valence electrons. The van der Waals surface area contributed by atoms with Gasteiger partial charge < -0.3 is 20.1 Å². The molecule has 1 atom stereocenters. The summed E-state index contributed by atoms with van der Waals surface area (Å²) in [7, 11) is 3.54. The van der Waals surface area contributed by atoms with Gasteiger partial charge in [-0.3, -0.25) is 4.99 Å². The van der Waals surface area contributed by atoms with E-state index in [9.17, 15) is 0 Å². The van der Waals surface area contributed by atoms with Crippen molar-refractivity contribution in [3.63, 3.8) is 0 Å². The Balaban J connectivity index is 0.00000280. The van der Waals surface area contributed by atoms with Gasteiger partial charge in [0.1, 0.15) is 5.75 Å². The lowest BCUT2D eigenvalue weighted by molar-refractivity contribution is 0.0505. The third-order valence-corrected chi connectivity index (χ3v) is 7.16. The van der Waals surface area contributed by atoms with Crippen LogP contribution in [-0.4, -0.2) is 57.4 Å². The molecule has 3 rings (SSSR count). The van der Waals surface area contributed by atoms with Gasteiger partial charge in [-0.2, -0.15) is 11.8 Å². The number of guanidine groups is 1. The molecule has 0 amide bonds. The minimum Gasteiger partial charge on any atom is -0.496 e. The Hall–Kier alpha value is -0.380. The van der Waals surface area contributed by atoms with E-state index in [-0.39, 0.29) is 29.4 Å². The molecule has 2 saturated heterocycles. The Bertz CT molecular complexity index is 650. The van der Waals surface area contributed by atoms with Crippen LogP contribution in [0.2, 0.25) is 5.02 Å². The molecule has 2 heterocycles. The van der Waals surface area contributed by atoms with Crippen LogP contribution in [0.25, 0.3) is 0 Å². The second-order valence-corrected chi connectivity index (χ2v) is 9.02. The van der Waals surface area contributed by atoms with Crippen LogP contribution in [0.15, 0.2) is 23.2 Å². The molecule has 0 radical (unpaired) electrons. The van der Waals surface area contributed by atoms with Crippen molar-refractivity contribution in [2.75, 3.05) is 46.2 Å². The zero-order valence-corrected chi connectivity index (χ0v) is 20.5. The van der Waals surface area contributed by atoms with Crippen LogP contribution in [-0.2, 0) is 10.2 Å². The van der Waals surface area contributed by atoms with E-state index in [1.54, 1.807) is 7.11 Å². The summed E-state index contributed by atoms with van der Waals surface area (Å²) in [5, 5.41) is 8.46. The van der Waals surface area contributed by atoms with Gasteiger partial charge in [0.2, 0.25) is 0 Å². The molecule has 2 N–H and O–H groups in total. The Kier molecular flexibility index (Phi) is 10.00. The molecule has 1 aromatic rings. The van der Waals surface area contributed by atoms with Crippen LogP contribution in [0.3, 0.4) is 0 Å². The molecule has 1 aromatic carbocycles. The summed E-state index contributed by atoms with van der Waals surface area (Å²) in [6.45, 7) is 3.20. The van der Waals surface area contributed by atoms with E-state index in [0.717, 1.165) is 61.4 Å². The molecular weight excluding hydrogens is 509 g/mol. The van der Waals surface area contributed by atoms with Crippen molar-refractivity contribution in [3.8, 4) is 5.75 Å². The summed E-state index contributed by atoms with van der Waals surface area (Å²) in [5.74, 6) is 3.01. The smallest absolute Gasteiger partial charge is 0.191 e. The molecule has 2 aliphatic rings. The molecule has 2 fully saturated rings. The number of rotatable bonds is 6. The standard InChI is InChI=1S/C20H30ClN3O2S.HI/c1-22-19(23-13-16-4-3-11-27-16)24-14-20(7-9-26-10-8-20)17-12-15(21)5-6-18(17)25-2;/h5-6,12,16H,3-4,7-11,13-14H2,1-2H3,(H2,22,23,24);1H. The maximum atomic E-state index is 6.32. The summed E-state index contributed by atoms with van der Waals surface area (Å²) >= 11 is 8.37. The molecule has 0 bridgehead atoms. The van der Waals surface area contributed by atoms with Gasteiger partial charge >= 0.3 is 0 Å². The van der Waals surface area contributed by atoms with Crippen LogP contribution in [0.5, 0.6) is 5.75 Å². The number of methoxy groups -OCH3 is 1. The molecule has 0 aromatic heterocycles. The van der Waals surface area contributed by atoms with E-state index in [2.05, 4.69) is 27.4 Å². The van der Waals surface area contributed by atoms with Crippen LogP contribution in [0.4, 0.5) is 0 Å². The fourth-order valence-electron chi connectivity index (χ4n) is 3.89. The SMILES string of the molecule is CN=C(NCC1CCCS1)NCC1(c2cc(Cl)ccc2OC)CCOCC1.I. The number of thioether (sulfide) groups is 1. The molecule has 8 heteroatoms. The predicted octanol–water partition coefficient (Wildman–Crippen LogP) is 4.08. The minimum absolute atomic E-state index is 0. The van der Waals surface area contributed by atoms with E-state index in [1.807, 2.05) is 25.2 Å². The molecule has 28 heavy (non-hydrogen) atoms. The summed E-state index contributed by atoms with van der Waals surface area (Å²) in [6.07, 6.45) is 4.45. The van der Waals surface area contributed by atoms with Crippen molar-refractivity contribution in [2.24, 2.45) is 4.99 Å². The van der Waals surface area contributed by atoms with Crippen molar-refractivity contribution in [1.29, 1.82) is 0 Å². The average molecular weight is 540 g/mol. The topological polar surface area (TPSA) is 54.9 Å². The van der Waals surface area contributed by atoms with Crippen LogP contribution in [0, 0.1) is 0 Å². The van der Waals surface area contributed by atoms with E-state index >= 15 is 0 Å². The lowest BCUT2D eigenvalue weighted by Crippen LogP contribution is -2.49. The summed E-state index contributed by atoms with van der Waals surface area (Å²) < 4.78 is 11.3. The zero-order chi connectivity index (χ0) is 19.1. The quantitative estimate of drug-likeness (QED) is 0.324. The van der Waals surface area contributed by atoms with Gasteiger partial charge in [-0.25, -0.2) is 0 Å². The first-order valence-corrected chi connectivity index (χ1v) is 11.1. The zero-order valence-electron chi connectivity index (χ0n) is 16.6. The maximum Gasteiger partial charge on any atom is 0.191 e. The van der Waals surface area contributed by atoms with Gasteiger partial charge in [-0.05, 0) is 49.6 Å². The Labute approximate surface area is 194 Å². The summed E-state index contributed by atoms with van der Waals surface area (Å²) in [6, 6.07) is 5.88. The second-order valence-electron chi connectivity index (χ2n) is 7.18. The highest BCUT2D eigenvalue weighted by Crippen LogP contribution is 2.40. The highest BCUT2D eigenvalue weighted by atomic mass is 127. The first kappa shape index (κ1) is 23.9. The molecule has 1 unspecified atom stereocenters. The Morgan fingerprint density at radius 1 is 1.36 bits per heavy atom. The second kappa shape index (κ2) is 11.7. The number of hydrogen-bond acceptors (Lipinski definition) is 4. The van der Waals surface area contributed by atoms with Gasteiger partial charge in [-0.1, -0.05) is 11.6 Å². The molecule has 0 spiro atoms. The maximum absolute atomic E-state index is 6.32. The predicted molar refractivity (Wildman–Crippen MR) is 130 cm³/mol. The normalized spacial score (nSPS) is 21.7. The lowest BCUT2D eigenvalue weighted by Gasteiger charge is -2.39. The number of nitrogens with one attached hydrogen (secondary N) is 2. The fraction of sp³-hybridized carbons (Fsp3) is 0.650. The lowest BCUT2D eigenvalue weighted by atomic mass is 9.73. The van der Waals surface area contributed by atoms with Gasteiger partial charge in [0.25, 0.3) is 0 Å². The van der Waals surface area contributed by atoms with Crippen LogP contribution >= 0.6 is 47.3 Å². The third kappa shape index (κ3) is 6.06. The first-order valence-electron chi connectivity index (χ1n) is 9.65. The largest absolute Gasteiger partial charge is 0.496 e. The average Bonchev–Trinajstić information content (AvgIpc) is 3.22. The molecule has 0 saturated carbocycles. The van der Waals surface area contributed by atoms with E-state index in [0.29, 0.717) is 5.25 Å². The highest BCUT2D eigenvalue weighted by molar-refractivity contribution is 14.0. The number of halogens is 2. The number of hydrogen-bond donors (Lipinski definition) is 2. The van der Waals surface area contributed by atoms with Gasteiger partial charge in [0.15, 0.2) is 5.96 Å². The minimum atomic E-state index is -0.0891. The Morgan fingerprint density at radius 3 is 2.79 bits per heavy atom. The monoisotopic (exact) mass is 539 g/mol. The van der Waals surface area contributed by atoms with E-state index < -0.39 is 0 Å². The molecule has 0 aliphatic carbocycles.